The van der Waals surface area contributed by atoms with Crippen molar-refractivity contribution in [2.45, 2.75) is 20.0 Å². The van der Waals surface area contributed by atoms with Gasteiger partial charge >= 0.3 is 0 Å². The maximum atomic E-state index is 9.96. The fraction of sp³-hybridized carbons (Fsp3) is 0.538. The van der Waals surface area contributed by atoms with Crippen LogP contribution in [0, 0.1) is 5.41 Å². The molecule has 96 valence electrons. The smallest absolute Gasteiger partial charge is 0.0928 e. The van der Waals surface area contributed by atoms with Crippen LogP contribution in [0.3, 0.4) is 0 Å². The van der Waals surface area contributed by atoms with Gasteiger partial charge in [0.25, 0.3) is 0 Å². The van der Waals surface area contributed by atoms with Gasteiger partial charge in [0.1, 0.15) is 0 Å². The van der Waals surface area contributed by atoms with Gasteiger partial charge in [0.05, 0.1) is 6.10 Å². The molecule has 4 heteroatoms. The van der Waals surface area contributed by atoms with Gasteiger partial charge in [0.2, 0.25) is 0 Å². The van der Waals surface area contributed by atoms with Crippen molar-refractivity contribution in [2.75, 3.05) is 19.7 Å². The summed E-state index contributed by atoms with van der Waals surface area (Å²) in [6, 6.07) is 7.26. The number of halogens is 1. The third-order valence-corrected chi connectivity index (χ3v) is 2.98. The fourth-order valence-electron chi connectivity index (χ4n) is 1.46. The van der Waals surface area contributed by atoms with Gasteiger partial charge < -0.3 is 15.5 Å². The summed E-state index contributed by atoms with van der Waals surface area (Å²) in [5.41, 5.74) is 0.545. The van der Waals surface area contributed by atoms with Crippen molar-refractivity contribution in [3.63, 3.8) is 0 Å². The summed E-state index contributed by atoms with van der Waals surface area (Å²) in [5.74, 6) is 0. The minimum absolute atomic E-state index is 0.113. The van der Waals surface area contributed by atoms with E-state index in [1.807, 2.05) is 32.0 Å². The third kappa shape index (κ3) is 4.64. The zero-order chi connectivity index (χ0) is 12.9. The van der Waals surface area contributed by atoms with Crippen molar-refractivity contribution >= 4 is 11.6 Å². The number of aliphatic hydroxyl groups is 2. The standard InChI is InChI=1S/C13H20ClNO2/c1-13(2,9-16)8-15-7-12(17)10-5-3-4-6-11(10)14/h3-6,12,15-17H,7-9H2,1-2H3. The van der Waals surface area contributed by atoms with E-state index in [2.05, 4.69) is 5.32 Å². The van der Waals surface area contributed by atoms with E-state index < -0.39 is 6.10 Å². The number of hydrogen-bond donors (Lipinski definition) is 3. The van der Waals surface area contributed by atoms with Crippen molar-refractivity contribution in [1.82, 2.24) is 5.32 Å². The lowest BCUT2D eigenvalue weighted by molar-refractivity contribution is 0.138. The summed E-state index contributed by atoms with van der Waals surface area (Å²) in [7, 11) is 0. The second-order valence-corrected chi connectivity index (χ2v) is 5.40. The van der Waals surface area contributed by atoms with E-state index >= 15 is 0 Å². The molecule has 17 heavy (non-hydrogen) atoms. The molecule has 0 saturated carbocycles. The molecule has 0 saturated heterocycles. The van der Waals surface area contributed by atoms with Crippen LogP contribution in [0.15, 0.2) is 24.3 Å². The van der Waals surface area contributed by atoms with Gasteiger partial charge in [-0.3, -0.25) is 0 Å². The first-order valence-corrected chi connectivity index (χ1v) is 6.08. The minimum Gasteiger partial charge on any atom is -0.396 e. The maximum Gasteiger partial charge on any atom is 0.0928 e. The average Bonchev–Trinajstić information content (AvgIpc) is 2.29. The summed E-state index contributed by atoms with van der Waals surface area (Å²) in [6.07, 6.45) is -0.627. The molecule has 3 N–H and O–H groups in total. The largest absolute Gasteiger partial charge is 0.396 e. The van der Waals surface area contributed by atoms with Crippen molar-refractivity contribution in [3.05, 3.63) is 34.9 Å². The van der Waals surface area contributed by atoms with Gasteiger partial charge in [-0.2, -0.15) is 0 Å². The number of hydrogen-bond acceptors (Lipinski definition) is 3. The Kier molecular flexibility index (Phi) is 5.40. The van der Waals surface area contributed by atoms with Gasteiger partial charge in [-0.25, -0.2) is 0 Å². The van der Waals surface area contributed by atoms with Crippen molar-refractivity contribution < 1.29 is 10.2 Å². The van der Waals surface area contributed by atoms with E-state index in [9.17, 15) is 5.11 Å². The molecule has 0 radical (unpaired) electrons. The Morgan fingerprint density at radius 2 is 2.00 bits per heavy atom. The van der Waals surface area contributed by atoms with E-state index in [1.165, 1.54) is 0 Å². The van der Waals surface area contributed by atoms with Crippen molar-refractivity contribution in [2.24, 2.45) is 5.41 Å². The van der Waals surface area contributed by atoms with Gasteiger partial charge in [-0.1, -0.05) is 43.6 Å². The third-order valence-electron chi connectivity index (χ3n) is 2.63. The SMILES string of the molecule is CC(C)(CO)CNCC(O)c1ccccc1Cl. The molecule has 1 aromatic rings. The van der Waals surface area contributed by atoms with E-state index in [-0.39, 0.29) is 12.0 Å². The van der Waals surface area contributed by atoms with E-state index in [0.717, 1.165) is 5.56 Å². The first kappa shape index (κ1) is 14.5. The molecule has 0 aliphatic rings. The van der Waals surface area contributed by atoms with Crippen molar-refractivity contribution in [1.29, 1.82) is 0 Å². The highest BCUT2D eigenvalue weighted by Crippen LogP contribution is 2.22. The summed E-state index contributed by atoms with van der Waals surface area (Å²) < 4.78 is 0. The molecule has 1 unspecified atom stereocenters. The molecule has 0 aromatic heterocycles. The average molecular weight is 258 g/mol. The minimum atomic E-state index is -0.627. The van der Waals surface area contributed by atoms with Crippen LogP contribution in [0.2, 0.25) is 5.02 Å². The Balaban J connectivity index is 2.46. The molecule has 0 fully saturated rings. The second kappa shape index (κ2) is 6.36. The lowest BCUT2D eigenvalue weighted by atomic mass is 9.95. The molecule has 1 atom stereocenters. The van der Waals surface area contributed by atoms with E-state index in [0.29, 0.717) is 18.1 Å². The van der Waals surface area contributed by atoms with E-state index in [4.69, 9.17) is 16.7 Å². The molecule has 0 heterocycles. The monoisotopic (exact) mass is 257 g/mol. The Hall–Kier alpha value is -0.610. The quantitative estimate of drug-likeness (QED) is 0.731. The van der Waals surface area contributed by atoms with Crippen LogP contribution in [0.25, 0.3) is 0 Å². The highest BCUT2D eigenvalue weighted by Gasteiger charge is 2.17. The molecular weight excluding hydrogens is 238 g/mol. The Labute approximate surface area is 107 Å². The van der Waals surface area contributed by atoms with Crippen LogP contribution in [-0.4, -0.2) is 29.9 Å². The van der Waals surface area contributed by atoms with Gasteiger partial charge in [-0.15, -0.1) is 0 Å². The summed E-state index contributed by atoms with van der Waals surface area (Å²) >= 11 is 5.99. The highest BCUT2D eigenvalue weighted by atomic mass is 35.5. The fourth-order valence-corrected chi connectivity index (χ4v) is 1.72. The molecular formula is C13H20ClNO2. The lowest BCUT2D eigenvalue weighted by Crippen LogP contribution is -2.34. The van der Waals surface area contributed by atoms with Crippen LogP contribution in [0.4, 0.5) is 0 Å². The highest BCUT2D eigenvalue weighted by molar-refractivity contribution is 6.31. The lowest BCUT2D eigenvalue weighted by Gasteiger charge is -2.23. The molecule has 0 aliphatic heterocycles. The first-order valence-electron chi connectivity index (χ1n) is 5.70. The molecule has 0 spiro atoms. The molecule has 3 nitrogen and oxygen atoms in total. The van der Waals surface area contributed by atoms with Crippen LogP contribution < -0.4 is 5.32 Å². The molecule has 0 aliphatic carbocycles. The zero-order valence-electron chi connectivity index (χ0n) is 10.3. The van der Waals surface area contributed by atoms with E-state index in [1.54, 1.807) is 6.07 Å². The number of benzene rings is 1. The van der Waals surface area contributed by atoms with Crippen molar-refractivity contribution in [3.8, 4) is 0 Å². The van der Waals surface area contributed by atoms with Crippen LogP contribution >= 0.6 is 11.6 Å². The molecule has 1 rings (SSSR count). The predicted octanol–water partition coefficient (Wildman–Crippen LogP) is 1.98. The maximum absolute atomic E-state index is 9.96. The van der Waals surface area contributed by atoms with Crippen LogP contribution in [-0.2, 0) is 0 Å². The topological polar surface area (TPSA) is 52.5 Å². The Morgan fingerprint density at radius 3 is 2.59 bits per heavy atom. The predicted molar refractivity (Wildman–Crippen MR) is 70.1 cm³/mol. The van der Waals surface area contributed by atoms with Crippen LogP contribution in [0.1, 0.15) is 25.5 Å². The second-order valence-electron chi connectivity index (χ2n) is 4.99. The molecule has 0 amide bonds. The molecule has 1 aromatic carbocycles. The number of nitrogens with one attached hydrogen (secondary N) is 1. The summed E-state index contributed by atoms with van der Waals surface area (Å²) in [5, 5.41) is 22.8. The normalized spacial score (nSPS) is 13.7. The number of aliphatic hydroxyl groups excluding tert-OH is 2. The zero-order valence-corrected chi connectivity index (χ0v) is 11.0. The summed E-state index contributed by atoms with van der Waals surface area (Å²) in [6.45, 7) is 5.10. The summed E-state index contributed by atoms with van der Waals surface area (Å²) in [4.78, 5) is 0. The Morgan fingerprint density at radius 1 is 1.35 bits per heavy atom. The first-order chi connectivity index (χ1) is 7.96. The Bertz CT molecular complexity index is 355. The van der Waals surface area contributed by atoms with Gasteiger partial charge in [0.15, 0.2) is 0 Å². The van der Waals surface area contributed by atoms with Gasteiger partial charge in [-0.05, 0) is 6.07 Å². The number of rotatable bonds is 6. The van der Waals surface area contributed by atoms with Crippen LogP contribution in [0.5, 0.6) is 0 Å². The molecule has 0 bridgehead atoms. The van der Waals surface area contributed by atoms with Gasteiger partial charge in [0, 0.05) is 35.7 Å².